The maximum absolute atomic E-state index is 12.9. The molecule has 1 saturated heterocycles. The fourth-order valence-electron chi connectivity index (χ4n) is 3.94. The van der Waals surface area contributed by atoms with Crippen LogP contribution in [-0.4, -0.2) is 45.2 Å². The van der Waals surface area contributed by atoms with Gasteiger partial charge in [-0.1, -0.05) is 24.3 Å². The van der Waals surface area contributed by atoms with E-state index in [1.54, 1.807) is 18.2 Å². The Morgan fingerprint density at radius 2 is 1.80 bits per heavy atom. The third kappa shape index (κ3) is 5.03. The molecule has 0 bridgehead atoms. The highest BCUT2D eigenvalue weighted by Gasteiger charge is 2.27. The minimum absolute atomic E-state index is 0.212. The zero-order valence-corrected chi connectivity index (χ0v) is 18.5. The van der Waals surface area contributed by atoms with Crippen LogP contribution in [-0.2, 0) is 34.3 Å². The fourth-order valence-corrected chi connectivity index (χ4v) is 5.00. The quantitative estimate of drug-likeness (QED) is 0.763. The summed E-state index contributed by atoms with van der Waals surface area (Å²) in [7, 11) is -3.61. The van der Waals surface area contributed by atoms with E-state index in [4.69, 9.17) is 9.47 Å². The van der Waals surface area contributed by atoms with E-state index in [9.17, 15) is 8.42 Å². The zero-order chi connectivity index (χ0) is 21.2. The summed E-state index contributed by atoms with van der Waals surface area (Å²) in [6, 6.07) is 13.1. The van der Waals surface area contributed by atoms with E-state index in [2.05, 4.69) is 29.5 Å². The number of ether oxygens (including phenoxy) is 2. The van der Waals surface area contributed by atoms with E-state index in [1.165, 1.54) is 0 Å². The third-order valence-electron chi connectivity index (χ3n) is 5.79. The molecule has 1 fully saturated rings. The standard InChI is InChI=1S/C23H30N2O4S/c1-23(2)10-9-18-15-21(7-8-22(18)29-23)30(26,27)24-16-19-5-3-4-6-20(19)17-25-11-13-28-14-12-25/h3-8,15,24H,9-14,16-17H2,1-2H3. The predicted molar refractivity (Wildman–Crippen MR) is 116 cm³/mol. The van der Waals surface area contributed by atoms with E-state index in [-0.39, 0.29) is 17.0 Å². The summed E-state index contributed by atoms with van der Waals surface area (Å²) in [5.41, 5.74) is 2.87. The van der Waals surface area contributed by atoms with Crippen LogP contribution in [0.3, 0.4) is 0 Å². The van der Waals surface area contributed by atoms with Gasteiger partial charge in [0.15, 0.2) is 0 Å². The Morgan fingerprint density at radius 1 is 1.07 bits per heavy atom. The van der Waals surface area contributed by atoms with Crippen molar-refractivity contribution in [1.82, 2.24) is 9.62 Å². The van der Waals surface area contributed by atoms with Gasteiger partial charge in [-0.3, -0.25) is 4.90 Å². The number of morpholine rings is 1. The molecule has 30 heavy (non-hydrogen) atoms. The molecule has 4 rings (SSSR count). The number of nitrogens with zero attached hydrogens (tertiary/aromatic N) is 1. The van der Waals surface area contributed by atoms with Crippen molar-refractivity contribution in [1.29, 1.82) is 0 Å². The van der Waals surface area contributed by atoms with Gasteiger partial charge in [0.1, 0.15) is 11.4 Å². The molecule has 0 spiro atoms. The van der Waals surface area contributed by atoms with Gasteiger partial charge in [-0.25, -0.2) is 13.1 Å². The maximum atomic E-state index is 12.9. The molecule has 0 aromatic heterocycles. The summed E-state index contributed by atoms with van der Waals surface area (Å²) < 4.78 is 40.1. The first-order chi connectivity index (χ1) is 14.3. The number of nitrogens with one attached hydrogen (secondary N) is 1. The minimum atomic E-state index is -3.61. The van der Waals surface area contributed by atoms with Crippen LogP contribution in [0.25, 0.3) is 0 Å². The van der Waals surface area contributed by atoms with Crippen LogP contribution < -0.4 is 9.46 Å². The van der Waals surface area contributed by atoms with Crippen LogP contribution in [0, 0.1) is 0 Å². The van der Waals surface area contributed by atoms with Crippen LogP contribution in [0.5, 0.6) is 5.75 Å². The SMILES string of the molecule is CC1(C)CCc2cc(S(=O)(=O)NCc3ccccc3CN3CCOCC3)ccc2O1. The molecular weight excluding hydrogens is 400 g/mol. The Kier molecular flexibility index (Phi) is 6.16. The molecule has 7 heteroatoms. The molecule has 0 saturated carbocycles. The van der Waals surface area contributed by atoms with Crippen molar-refractivity contribution in [2.24, 2.45) is 0 Å². The molecule has 0 radical (unpaired) electrons. The van der Waals surface area contributed by atoms with E-state index in [0.717, 1.165) is 68.1 Å². The Hall–Kier alpha value is -1.93. The second-order valence-corrected chi connectivity index (χ2v) is 10.4. The number of rotatable bonds is 6. The highest BCUT2D eigenvalue weighted by molar-refractivity contribution is 7.89. The van der Waals surface area contributed by atoms with Crippen LogP contribution >= 0.6 is 0 Å². The van der Waals surface area contributed by atoms with Gasteiger partial charge < -0.3 is 9.47 Å². The van der Waals surface area contributed by atoms with Gasteiger partial charge in [0, 0.05) is 26.2 Å². The molecule has 2 heterocycles. The van der Waals surface area contributed by atoms with Gasteiger partial charge in [-0.2, -0.15) is 0 Å². The second kappa shape index (κ2) is 8.67. The highest BCUT2D eigenvalue weighted by atomic mass is 32.2. The summed E-state index contributed by atoms with van der Waals surface area (Å²) in [5.74, 6) is 0.779. The van der Waals surface area contributed by atoms with Gasteiger partial charge in [0.25, 0.3) is 0 Å². The third-order valence-corrected chi connectivity index (χ3v) is 7.19. The number of aryl methyl sites for hydroxylation is 1. The maximum Gasteiger partial charge on any atom is 0.240 e. The lowest BCUT2D eigenvalue weighted by atomic mass is 9.94. The molecule has 2 aromatic carbocycles. The van der Waals surface area contributed by atoms with Gasteiger partial charge in [0.05, 0.1) is 18.1 Å². The Bertz CT molecular complexity index is 998. The van der Waals surface area contributed by atoms with Gasteiger partial charge in [-0.05, 0) is 61.6 Å². The Balaban J connectivity index is 1.46. The molecular formula is C23H30N2O4S. The highest BCUT2D eigenvalue weighted by Crippen LogP contribution is 2.34. The molecule has 6 nitrogen and oxygen atoms in total. The molecule has 0 aliphatic carbocycles. The van der Waals surface area contributed by atoms with Gasteiger partial charge in [0.2, 0.25) is 10.0 Å². The van der Waals surface area contributed by atoms with E-state index in [0.29, 0.717) is 0 Å². The monoisotopic (exact) mass is 430 g/mol. The van der Waals surface area contributed by atoms with Crippen LogP contribution in [0.15, 0.2) is 47.4 Å². The summed E-state index contributed by atoms with van der Waals surface area (Å²) in [5, 5.41) is 0. The number of sulfonamides is 1. The first-order valence-electron chi connectivity index (χ1n) is 10.5. The number of fused-ring (bicyclic) bond motifs is 1. The van der Waals surface area contributed by atoms with E-state index < -0.39 is 10.0 Å². The molecule has 2 aliphatic heterocycles. The number of benzene rings is 2. The molecule has 0 amide bonds. The van der Waals surface area contributed by atoms with Crippen molar-refractivity contribution >= 4 is 10.0 Å². The largest absolute Gasteiger partial charge is 0.488 e. The molecule has 0 atom stereocenters. The minimum Gasteiger partial charge on any atom is -0.488 e. The summed E-state index contributed by atoms with van der Waals surface area (Å²) in [4.78, 5) is 2.62. The Labute approximate surface area is 179 Å². The van der Waals surface area contributed by atoms with E-state index >= 15 is 0 Å². The van der Waals surface area contributed by atoms with Crippen molar-refractivity contribution in [3.05, 3.63) is 59.2 Å². The lowest BCUT2D eigenvalue weighted by molar-refractivity contribution is 0.0341. The lowest BCUT2D eigenvalue weighted by Gasteiger charge is -2.32. The fraction of sp³-hybridized carbons (Fsp3) is 0.478. The second-order valence-electron chi connectivity index (χ2n) is 8.61. The van der Waals surface area contributed by atoms with Crippen LogP contribution in [0.4, 0.5) is 0 Å². The average Bonchev–Trinajstić information content (AvgIpc) is 2.73. The van der Waals surface area contributed by atoms with Crippen LogP contribution in [0.1, 0.15) is 37.0 Å². The van der Waals surface area contributed by atoms with Crippen molar-refractivity contribution < 1.29 is 17.9 Å². The smallest absolute Gasteiger partial charge is 0.240 e. The topological polar surface area (TPSA) is 67.9 Å². The number of hydrogen-bond donors (Lipinski definition) is 1. The van der Waals surface area contributed by atoms with Gasteiger partial charge >= 0.3 is 0 Å². The van der Waals surface area contributed by atoms with Crippen molar-refractivity contribution in [2.45, 2.75) is 50.3 Å². The first kappa shape index (κ1) is 21.3. The normalized spacial score (nSPS) is 19.1. The molecule has 1 N–H and O–H groups in total. The molecule has 2 aromatic rings. The summed E-state index contributed by atoms with van der Waals surface area (Å²) in [6.07, 6.45) is 1.68. The summed E-state index contributed by atoms with van der Waals surface area (Å²) >= 11 is 0. The van der Waals surface area contributed by atoms with Crippen LogP contribution in [0.2, 0.25) is 0 Å². The Morgan fingerprint density at radius 3 is 2.57 bits per heavy atom. The van der Waals surface area contributed by atoms with Crippen molar-refractivity contribution in [2.75, 3.05) is 26.3 Å². The zero-order valence-electron chi connectivity index (χ0n) is 17.7. The number of hydrogen-bond acceptors (Lipinski definition) is 5. The van der Waals surface area contributed by atoms with Crippen molar-refractivity contribution in [3.8, 4) is 5.75 Å². The average molecular weight is 431 g/mol. The molecule has 0 unspecified atom stereocenters. The molecule has 2 aliphatic rings. The summed E-state index contributed by atoms with van der Waals surface area (Å²) in [6.45, 7) is 8.45. The predicted octanol–water partition coefficient (Wildman–Crippen LogP) is 3.10. The lowest BCUT2D eigenvalue weighted by Crippen LogP contribution is -2.36. The van der Waals surface area contributed by atoms with Crippen molar-refractivity contribution in [3.63, 3.8) is 0 Å². The first-order valence-corrected chi connectivity index (χ1v) is 12.0. The van der Waals surface area contributed by atoms with Gasteiger partial charge in [-0.15, -0.1) is 0 Å². The van der Waals surface area contributed by atoms with E-state index in [1.807, 2.05) is 18.2 Å². The molecule has 162 valence electrons.